The molecule has 0 aliphatic carbocycles. The number of rotatable bonds is 5. The number of aromatic nitrogens is 1. The standard InChI is InChI=1S/C19H24N2O2S/c1-23-17-8-6-7-15(13-17)19-20-16(14-24-19)9-10-18(22)21-11-4-2-3-5-12-21/h6-8,13-14H,2-5,9-12H2,1H3. The van der Waals surface area contributed by atoms with Gasteiger partial charge in [-0.3, -0.25) is 4.79 Å². The Kier molecular flexibility index (Phi) is 5.86. The number of hydrogen-bond donors (Lipinski definition) is 0. The largest absolute Gasteiger partial charge is 0.497 e. The third kappa shape index (κ3) is 4.35. The first-order valence-corrected chi connectivity index (χ1v) is 9.51. The van der Waals surface area contributed by atoms with Crippen molar-refractivity contribution in [2.45, 2.75) is 38.5 Å². The summed E-state index contributed by atoms with van der Waals surface area (Å²) in [6.07, 6.45) is 6.06. The minimum atomic E-state index is 0.271. The maximum Gasteiger partial charge on any atom is 0.222 e. The average Bonchev–Trinajstić information content (AvgIpc) is 2.93. The maximum atomic E-state index is 12.4. The fourth-order valence-electron chi connectivity index (χ4n) is 3.02. The molecule has 0 atom stereocenters. The van der Waals surface area contributed by atoms with E-state index in [0.717, 1.165) is 54.4 Å². The molecule has 2 aromatic rings. The van der Waals surface area contributed by atoms with E-state index < -0.39 is 0 Å². The zero-order valence-corrected chi connectivity index (χ0v) is 15.0. The fourth-order valence-corrected chi connectivity index (χ4v) is 3.87. The lowest BCUT2D eigenvalue weighted by Gasteiger charge is -2.19. The highest BCUT2D eigenvalue weighted by molar-refractivity contribution is 7.13. The molecule has 1 aliphatic rings. The average molecular weight is 344 g/mol. The van der Waals surface area contributed by atoms with Gasteiger partial charge in [0.25, 0.3) is 0 Å². The van der Waals surface area contributed by atoms with Crippen LogP contribution in [-0.4, -0.2) is 36.0 Å². The number of ether oxygens (including phenoxy) is 1. The number of thiazole rings is 1. The van der Waals surface area contributed by atoms with Gasteiger partial charge < -0.3 is 9.64 Å². The first-order valence-electron chi connectivity index (χ1n) is 8.63. The van der Waals surface area contributed by atoms with Crippen LogP contribution in [0.4, 0.5) is 0 Å². The van der Waals surface area contributed by atoms with E-state index in [2.05, 4.69) is 10.4 Å². The predicted octanol–water partition coefficient (Wildman–Crippen LogP) is 4.15. The molecule has 1 saturated heterocycles. The van der Waals surface area contributed by atoms with Gasteiger partial charge in [0.15, 0.2) is 0 Å². The SMILES string of the molecule is COc1cccc(-c2nc(CCC(=O)N3CCCCCC3)cs2)c1. The molecule has 0 unspecified atom stereocenters. The first kappa shape index (κ1) is 17.0. The van der Waals surface area contributed by atoms with Crippen LogP contribution in [0.5, 0.6) is 5.75 Å². The van der Waals surface area contributed by atoms with Crippen molar-refractivity contribution in [3.8, 4) is 16.3 Å². The maximum absolute atomic E-state index is 12.4. The van der Waals surface area contributed by atoms with Crippen molar-refractivity contribution in [1.82, 2.24) is 9.88 Å². The zero-order valence-electron chi connectivity index (χ0n) is 14.2. The highest BCUT2D eigenvalue weighted by Gasteiger charge is 2.16. The molecule has 0 radical (unpaired) electrons. The van der Waals surface area contributed by atoms with Crippen LogP contribution in [0.3, 0.4) is 0 Å². The van der Waals surface area contributed by atoms with Crippen molar-refractivity contribution < 1.29 is 9.53 Å². The van der Waals surface area contributed by atoms with E-state index in [1.807, 2.05) is 29.2 Å². The Labute approximate surface area is 147 Å². The number of hydrogen-bond acceptors (Lipinski definition) is 4. The number of carbonyl (C=O) groups is 1. The number of amides is 1. The van der Waals surface area contributed by atoms with E-state index in [-0.39, 0.29) is 5.91 Å². The molecule has 1 aromatic carbocycles. The summed E-state index contributed by atoms with van der Waals surface area (Å²) < 4.78 is 5.27. The lowest BCUT2D eigenvalue weighted by Crippen LogP contribution is -2.31. The minimum absolute atomic E-state index is 0.271. The molecule has 0 spiro atoms. The Hall–Kier alpha value is -1.88. The molecule has 2 heterocycles. The van der Waals surface area contributed by atoms with E-state index in [1.165, 1.54) is 12.8 Å². The Balaban J connectivity index is 1.58. The molecule has 0 bridgehead atoms. The molecule has 3 rings (SSSR count). The molecular weight excluding hydrogens is 320 g/mol. The molecule has 4 nitrogen and oxygen atoms in total. The lowest BCUT2D eigenvalue weighted by molar-refractivity contribution is -0.131. The summed E-state index contributed by atoms with van der Waals surface area (Å²) in [7, 11) is 1.67. The second-order valence-corrected chi connectivity index (χ2v) is 7.03. The quantitative estimate of drug-likeness (QED) is 0.818. The highest BCUT2D eigenvalue weighted by atomic mass is 32.1. The van der Waals surface area contributed by atoms with Crippen LogP contribution in [-0.2, 0) is 11.2 Å². The number of carbonyl (C=O) groups excluding carboxylic acids is 1. The molecule has 1 aliphatic heterocycles. The number of aryl methyl sites for hydroxylation is 1. The monoisotopic (exact) mass is 344 g/mol. The topological polar surface area (TPSA) is 42.4 Å². The summed E-state index contributed by atoms with van der Waals surface area (Å²) in [6.45, 7) is 1.84. The number of methoxy groups -OCH3 is 1. The predicted molar refractivity (Wildman–Crippen MR) is 97.5 cm³/mol. The first-order chi connectivity index (χ1) is 11.8. The number of likely N-dealkylation sites (tertiary alicyclic amines) is 1. The van der Waals surface area contributed by atoms with Crippen molar-refractivity contribution in [2.75, 3.05) is 20.2 Å². The van der Waals surface area contributed by atoms with Crippen molar-refractivity contribution in [2.24, 2.45) is 0 Å². The Morgan fingerprint density at radius 3 is 2.79 bits per heavy atom. The highest BCUT2D eigenvalue weighted by Crippen LogP contribution is 2.27. The molecule has 0 N–H and O–H groups in total. The van der Waals surface area contributed by atoms with Gasteiger partial charge >= 0.3 is 0 Å². The van der Waals surface area contributed by atoms with Gasteiger partial charge in [0.1, 0.15) is 10.8 Å². The third-order valence-electron chi connectivity index (χ3n) is 4.42. The second kappa shape index (κ2) is 8.29. The number of nitrogens with zero attached hydrogens (tertiary/aromatic N) is 2. The van der Waals surface area contributed by atoms with Gasteiger partial charge in [-0.2, -0.15) is 0 Å². The van der Waals surface area contributed by atoms with E-state index >= 15 is 0 Å². The molecule has 24 heavy (non-hydrogen) atoms. The molecule has 5 heteroatoms. The summed E-state index contributed by atoms with van der Waals surface area (Å²) >= 11 is 1.62. The van der Waals surface area contributed by atoms with Crippen LogP contribution in [0.2, 0.25) is 0 Å². The van der Waals surface area contributed by atoms with E-state index in [1.54, 1.807) is 18.4 Å². The van der Waals surface area contributed by atoms with E-state index in [9.17, 15) is 4.79 Å². The van der Waals surface area contributed by atoms with Gasteiger partial charge in [0.05, 0.1) is 12.8 Å². The molecule has 0 saturated carbocycles. The molecular formula is C19H24N2O2S. The fraction of sp³-hybridized carbons (Fsp3) is 0.474. The van der Waals surface area contributed by atoms with Crippen molar-refractivity contribution in [1.29, 1.82) is 0 Å². The summed E-state index contributed by atoms with van der Waals surface area (Å²) in [5, 5.41) is 3.04. The van der Waals surface area contributed by atoms with Crippen LogP contribution >= 0.6 is 11.3 Å². The third-order valence-corrected chi connectivity index (χ3v) is 5.36. The normalized spacial score (nSPS) is 15.1. The smallest absolute Gasteiger partial charge is 0.222 e. The van der Waals surface area contributed by atoms with Gasteiger partial charge in [-0.15, -0.1) is 11.3 Å². The Morgan fingerprint density at radius 2 is 2.04 bits per heavy atom. The van der Waals surface area contributed by atoms with Gasteiger partial charge in [-0.1, -0.05) is 25.0 Å². The minimum Gasteiger partial charge on any atom is -0.497 e. The van der Waals surface area contributed by atoms with Crippen LogP contribution in [0, 0.1) is 0 Å². The summed E-state index contributed by atoms with van der Waals surface area (Å²) in [6, 6.07) is 7.93. The molecule has 1 fully saturated rings. The van der Waals surface area contributed by atoms with Crippen molar-refractivity contribution in [3.05, 3.63) is 35.3 Å². The summed E-state index contributed by atoms with van der Waals surface area (Å²) in [5.41, 5.74) is 2.06. The van der Waals surface area contributed by atoms with Crippen LogP contribution < -0.4 is 4.74 Å². The summed E-state index contributed by atoms with van der Waals surface area (Å²) in [4.78, 5) is 19.1. The van der Waals surface area contributed by atoms with Gasteiger partial charge in [-0.05, 0) is 31.4 Å². The van der Waals surface area contributed by atoms with Gasteiger partial charge in [0, 0.05) is 30.5 Å². The van der Waals surface area contributed by atoms with E-state index in [0.29, 0.717) is 6.42 Å². The second-order valence-electron chi connectivity index (χ2n) is 6.17. The van der Waals surface area contributed by atoms with Crippen LogP contribution in [0.15, 0.2) is 29.6 Å². The van der Waals surface area contributed by atoms with Crippen LogP contribution in [0.1, 0.15) is 37.8 Å². The van der Waals surface area contributed by atoms with Crippen molar-refractivity contribution in [3.63, 3.8) is 0 Å². The van der Waals surface area contributed by atoms with Gasteiger partial charge in [0.2, 0.25) is 5.91 Å². The summed E-state index contributed by atoms with van der Waals surface area (Å²) in [5.74, 6) is 1.11. The van der Waals surface area contributed by atoms with Crippen molar-refractivity contribution >= 4 is 17.2 Å². The van der Waals surface area contributed by atoms with E-state index in [4.69, 9.17) is 4.74 Å². The number of benzene rings is 1. The van der Waals surface area contributed by atoms with Crippen LogP contribution in [0.25, 0.3) is 10.6 Å². The molecule has 1 amide bonds. The Morgan fingerprint density at radius 1 is 1.25 bits per heavy atom. The lowest BCUT2D eigenvalue weighted by atomic mass is 10.2. The zero-order chi connectivity index (χ0) is 16.8. The molecule has 1 aromatic heterocycles. The Bertz CT molecular complexity index is 676. The molecule has 128 valence electrons. The van der Waals surface area contributed by atoms with Gasteiger partial charge in [-0.25, -0.2) is 4.98 Å².